The number of allylic oxidation sites excluding steroid dienone is 2. The van der Waals surface area contributed by atoms with E-state index in [1.54, 1.807) is 33.8 Å². The Bertz CT molecular complexity index is 2880. The molecule has 23 nitrogen and oxygen atoms in total. The van der Waals surface area contributed by atoms with Crippen LogP contribution in [0.3, 0.4) is 0 Å². The molecule has 1 amide bonds. The second kappa shape index (κ2) is 20.8. The molecular weight excluding hydrogens is 943 g/mol. The number of aliphatic hydroxyl groups excluding tert-OH is 5. The number of fused-ring (bicyclic) bond motifs is 15. The van der Waals surface area contributed by atoms with Crippen molar-refractivity contribution in [1.82, 2.24) is 19.5 Å². The molecule has 2 aromatic heterocycles. The van der Waals surface area contributed by atoms with Gasteiger partial charge in [0.25, 0.3) is 11.7 Å². The van der Waals surface area contributed by atoms with Crippen molar-refractivity contribution in [3.63, 3.8) is 0 Å². The summed E-state index contributed by atoms with van der Waals surface area (Å²) in [5.41, 5.74) is -0.784. The maximum Gasteiger partial charge on any atom is 0.312 e. The van der Waals surface area contributed by atoms with E-state index in [0.29, 0.717) is 0 Å². The molecule has 388 valence electrons. The first-order valence-electron chi connectivity index (χ1n) is 23.1. The number of ketones is 1. The van der Waals surface area contributed by atoms with E-state index in [0.717, 1.165) is 12.5 Å². The number of carbonyl (C=O) groups excluding carboxylic acids is 3. The summed E-state index contributed by atoms with van der Waals surface area (Å²) in [5, 5.41) is 97.5. The van der Waals surface area contributed by atoms with E-state index < -0.39 is 131 Å². The molecule has 1 fully saturated rings. The van der Waals surface area contributed by atoms with E-state index in [4.69, 9.17) is 23.7 Å². The zero-order valence-electron chi connectivity index (χ0n) is 41.3. The number of esters is 1. The number of nitrogens with one attached hydrogen (secondary N) is 1. The van der Waals surface area contributed by atoms with Gasteiger partial charge in [-0.15, -0.1) is 0 Å². The van der Waals surface area contributed by atoms with Crippen molar-refractivity contribution in [2.24, 2.45) is 28.8 Å². The zero-order chi connectivity index (χ0) is 52.8. The van der Waals surface area contributed by atoms with Crippen molar-refractivity contribution in [2.75, 3.05) is 31.1 Å². The van der Waals surface area contributed by atoms with Gasteiger partial charge < -0.3 is 69.9 Å². The lowest BCUT2D eigenvalue weighted by molar-refractivity contribution is -0.160. The number of hydrogen-bond acceptors (Lipinski definition) is 21. The molecule has 8 rings (SSSR count). The maximum atomic E-state index is 14.7. The number of rotatable bonds is 7. The molecule has 4 aliphatic heterocycles. The molecule has 0 radical (unpaired) electrons. The fraction of sp³-hybridized carbons (Fsp3) is 0.490. The summed E-state index contributed by atoms with van der Waals surface area (Å²) < 4.78 is 30.7. The highest BCUT2D eigenvalue weighted by atomic mass is 16.7. The van der Waals surface area contributed by atoms with Gasteiger partial charge in [0.05, 0.1) is 65.9 Å². The number of methoxy groups -OCH3 is 1. The molecule has 4 aliphatic rings. The van der Waals surface area contributed by atoms with Crippen molar-refractivity contribution in [1.29, 1.82) is 0 Å². The number of benzene rings is 2. The second-order valence-electron chi connectivity index (χ2n) is 18.6. The minimum Gasteiger partial charge on any atom is -0.507 e. The number of aromatic hydroxyl groups is 3. The Morgan fingerprint density at radius 3 is 2.31 bits per heavy atom. The molecule has 2 aromatic carbocycles. The van der Waals surface area contributed by atoms with Gasteiger partial charge in [-0.3, -0.25) is 19.0 Å². The largest absolute Gasteiger partial charge is 0.507 e. The first-order chi connectivity index (χ1) is 34.0. The third-order valence-electron chi connectivity index (χ3n) is 13.8. The van der Waals surface area contributed by atoms with Gasteiger partial charge in [0.2, 0.25) is 0 Å². The number of nitrogens with zero attached hydrogens (tertiary/aromatic N) is 6. The van der Waals surface area contributed by atoms with Crippen LogP contribution in [-0.2, 0) is 28.5 Å². The van der Waals surface area contributed by atoms with Crippen LogP contribution in [0, 0.1) is 30.6 Å². The number of hydrogen-bond donors (Lipinski definition) is 9. The molecule has 13 atom stereocenters. The average molecular weight is 1000 g/mol. The molecule has 13 unspecified atom stereocenters. The van der Waals surface area contributed by atoms with Crippen molar-refractivity contribution in [2.45, 2.75) is 110 Å². The summed E-state index contributed by atoms with van der Waals surface area (Å²) >= 11 is 0. The first kappa shape index (κ1) is 53.1. The molecule has 23 heteroatoms. The molecule has 0 saturated carbocycles. The third-order valence-corrected chi connectivity index (χ3v) is 13.8. The normalized spacial score (nSPS) is 31.4. The van der Waals surface area contributed by atoms with Crippen molar-refractivity contribution >= 4 is 57.3 Å². The van der Waals surface area contributed by atoms with E-state index in [1.165, 1.54) is 82.3 Å². The van der Waals surface area contributed by atoms with Gasteiger partial charge in [-0.05, 0) is 19.9 Å². The zero-order valence-corrected chi connectivity index (χ0v) is 41.3. The molecule has 0 spiro atoms. The average Bonchev–Trinajstić information content (AvgIpc) is 3.99. The highest BCUT2D eigenvalue weighted by Gasteiger charge is 2.50. The summed E-state index contributed by atoms with van der Waals surface area (Å²) in [6.07, 6.45) is 1.46. The van der Waals surface area contributed by atoms with E-state index in [9.17, 15) is 55.2 Å². The van der Waals surface area contributed by atoms with Crippen LogP contribution >= 0.6 is 0 Å². The number of carbonyl (C=O) groups is 3. The Labute approximate surface area is 413 Å². The summed E-state index contributed by atoms with van der Waals surface area (Å²) in [4.78, 5) is 54.1. The molecule has 72 heavy (non-hydrogen) atoms. The van der Waals surface area contributed by atoms with Crippen LogP contribution in [-0.4, -0.2) is 154 Å². The molecular formula is C49H61N7O16. The highest BCUT2D eigenvalue weighted by Crippen LogP contribution is 2.55. The standard InChI is InChI=1S/C49H61N7O16/c1-20-12-11-13-21(2)47(67)54-33-27(16-53-55(9)45-34-46(51-18-50-45)56(19-52-34)48-41(65)39(63)29(17-57)71-48)38(62)30-31(40(33)64)37(61)25(6)43-32(30)44(66)49(8,72-43)69-15-14-28(68-10)22(3)42(70-26(7)58)24(5)36(60)23(4)35(20)59/h11-16,18-20,22-24,28-29,35-36,39,41-42,48,57,59-65H,17H2,1-10H3,(H,54,67)/b12-11+,15-14+,21-13?,53-16+. The lowest BCUT2D eigenvalue weighted by Gasteiger charge is -2.38. The number of imidazole rings is 1. The molecule has 6 heterocycles. The lowest BCUT2D eigenvalue weighted by atomic mass is 9.78. The minimum absolute atomic E-state index is 0.0307. The lowest BCUT2D eigenvalue weighted by Crippen LogP contribution is -2.46. The molecule has 1 saturated heterocycles. The van der Waals surface area contributed by atoms with Crippen LogP contribution in [0.4, 0.5) is 11.5 Å². The van der Waals surface area contributed by atoms with E-state index >= 15 is 0 Å². The number of phenols is 3. The van der Waals surface area contributed by atoms with Crippen molar-refractivity contribution in [3.05, 3.63) is 65.5 Å². The Kier molecular flexibility index (Phi) is 15.3. The maximum absolute atomic E-state index is 14.7. The van der Waals surface area contributed by atoms with E-state index in [1.807, 2.05) is 0 Å². The van der Waals surface area contributed by atoms with Crippen LogP contribution in [0.25, 0.3) is 21.9 Å². The topological polar surface area (TPSA) is 330 Å². The summed E-state index contributed by atoms with van der Waals surface area (Å²) in [6.45, 7) is 11.6. The number of anilines is 2. The van der Waals surface area contributed by atoms with Gasteiger partial charge in [-0.1, -0.05) is 45.9 Å². The number of phenolic OH excluding ortho intramolecular Hbond substituents is 3. The van der Waals surface area contributed by atoms with Crippen LogP contribution in [0.2, 0.25) is 0 Å². The fourth-order valence-corrected chi connectivity index (χ4v) is 9.44. The Balaban J connectivity index is 1.37. The molecule has 0 aliphatic carbocycles. The number of aliphatic hydroxyl groups is 5. The predicted octanol–water partition coefficient (Wildman–Crippen LogP) is 2.98. The van der Waals surface area contributed by atoms with Gasteiger partial charge in [-0.25, -0.2) is 20.0 Å². The Morgan fingerprint density at radius 1 is 0.944 bits per heavy atom. The third kappa shape index (κ3) is 9.43. The Hall–Kier alpha value is -6.73. The molecule has 4 aromatic rings. The van der Waals surface area contributed by atoms with E-state index in [-0.39, 0.29) is 50.4 Å². The first-order valence-corrected chi connectivity index (χ1v) is 23.1. The number of aromatic nitrogens is 4. The number of ether oxygens (including phenoxy) is 5. The molecule has 5 bridgehead atoms. The quantitative estimate of drug-likeness (QED) is 0.0422. The number of amides is 1. The Morgan fingerprint density at radius 2 is 1.65 bits per heavy atom. The van der Waals surface area contributed by atoms with Crippen LogP contribution in [0.15, 0.2) is 53.9 Å². The summed E-state index contributed by atoms with van der Waals surface area (Å²) in [7, 11) is 2.86. The van der Waals surface area contributed by atoms with Gasteiger partial charge in [0.15, 0.2) is 29.0 Å². The number of Topliss-reactive ketones (excluding diaryl/α,β-unsaturated/α-hetero) is 1. The predicted molar refractivity (Wildman–Crippen MR) is 258 cm³/mol. The fourth-order valence-electron chi connectivity index (χ4n) is 9.44. The van der Waals surface area contributed by atoms with Gasteiger partial charge >= 0.3 is 11.8 Å². The summed E-state index contributed by atoms with van der Waals surface area (Å²) in [5.74, 6) is -9.40. The SMILES string of the molecule is COC1/C=C/OC2(C)Oc3c(C)c(O)c4c(O)c(c(/C=N/N(C)c5ncnc6c5ncn6C5OC(CO)C(O)C5O)c(O)c4c3C2=O)NC(=O)C(C)=C/C=C/C(C)C(O)C(C)C(O)C(C)C(OC(C)=O)C1C. The van der Waals surface area contributed by atoms with Crippen LogP contribution < -0.4 is 15.1 Å². The van der Waals surface area contributed by atoms with Crippen LogP contribution in [0.5, 0.6) is 23.0 Å². The van der Waals surface area contributed by atoms with Gasteiger partial charge in [-0.2, -0.15) is 5.10 Å². The van der Waals surface area contributed by atoms with Gasteiger partial charge in [0, 0.05) is 68.2 Å². The second-order valence-corrected chi connectivity index (χ2v) is 18.6. The van der Waals surface area contributed by atoms with Crippen LogP contribution in [0.1, 0.15) is 76.2 Å². The highest BCUT2D eigenvalue weighted by molar-refractivity contribution is 6.24. The van der Waals surface area contributed by atoms with E-state index in [2.05, 4.69) is 25.4 Å². The van der Waals surface area contributed by atoms with Crippen molar-refractivity contribution in [3.8, 4) is 23.0 Å². The number of hydrazone groups is 1. The smallest absolute Gasteiger partial charge is 0.312 e. The minimum atomic E-state index is -2.15. The summed E-state index contributed by atoms with van der Waals surface area (Å²) in [6, 6.07) is 0. The molecule has 9 N–H and O–H groups in total. The van der Waals surface area contributed by atoms with Crippen molar-refractivity contribution < 1.29 is 78.9 Å². The monoisotopic (exact) mass is 1000 g/mol. The van der Waals surface area contributed by atoms with Gasteiger partial charge in [0.1, 0.15) is 48.0 Å².